The van der Waals surface area contributed by atoms with Crippen LogP contribution in [-0.2, 0) is 0 Å². The third kappa shape index (κ3) is 4.34. The summed E-state index contributed by atoms with van der Waals surface area (Å²) in [4.78, 5) is 16.7. The lowest BCUT2D eigenvalue weighted by atomic mass is 9.98. The number of amides is 1. The number of carbonyl (C=O) groups excluding carboxylic acids is 1. The summed E-state index contributed by atoms with van der Waals surface area (Å²) >= 11 is 6.11. The molecule has 0 radical (unpaired) electrons. The quantitative estimate of drug-likeness (QED) is 0.667. The highest BCUT2D eigenvalue weighted by molar-refractivity contribution is 6.31. The molecule has 4 rings (SSSR count). The second-order valence-corrected chi connectivity index (χ2v) is 7.29. The smallest absolute Gasteiger partial charge is 0.255 e. The molecule has 1 fully saturated rings. The van der Waals surface area contributed by atoms with Gasteiger partial charge in [0.1, 0.15) is 18.4 Å². The zero-order valence-electron chi connectivity index (χ0n) is 15.3. The van der Waals surface area contributed by atoms with Crippen molar-refractivity contribution in [2.24, 2.45) is 0 Å². The molecule has 2 aromatic carbocycles. The molecule has 1 amide bonds. The molecule has 0 unspecified atom stereocenters. The van der Waals surface area contributed by atoms with Gasteiger partial charge in [-0.3, -0.25) is 4.79 Å². The fourth-order valence-electron chi connectivity index (χ4n) is 3.40. The number of nitrogens with one attached hydrogen (secondary N) is 1. The van der Waals surface area contributed by atoms with Crippen LogP contribution in [0.1, 0.15) is 42.5 Å². The van der Waals surface area contributed by atoms with E-state index in [-0.39, 0.29) is 12.0 Å². The lowest BCUT2D eigenvalue weighted by Crippen LogP contribution is -2.19. The maximum atomic E-state index is 12.7. The second kappa shape index (κ2) is 8.44. The van der Waals surface area contributed by atoms with Gasteiger partial charge in [-0.2, -0.15) is 5.10 Å². The number of anilines is 1. The van der Waals surface area contributed by atoms with E-state index in [4.69, 9.17) is 16.3 Å². The van der Waals surface area contributed by atoms with E-state index < -0.39 is 0 Å². The van der Waals surface area contributed by atoms with Gasteiger partial charge in [0.25, 0.3) is 5.91 Å². The van der Waals surface area contributed by atoms with Gasteiger partial charge in [-0.15, -0.1) is 0 Å². The summed E-state index contributed by atoms with van der Waals surface area (Å²) in [6.07, 6.45) is 9.22. The molecule has 1 heterocycles. The summed E-state index contributed by atoms with van der Waals surface area (Å²) in [5.74, 6) is 0.572. The lowest BCUT2D eigenvalue weighted by molar-refractivity contribution is 0.102. The molecule has 0 spiro atoms. The van der Waals surface area contributed by atoms with Crippen molar-refractivity contribution in [3.63, 3.8) is 0 Å². The van der Waals surface area contributed by atoms with Gasteiger partial charge in [0.15, 0.2) is 0 Å². The number of ether oxygens (including phenoxy) is 1. The van der Waals surface area contributed by atoms with Gasteiger partial charge in [-0.1, -0.05) is 18.0 Å². The highest BCUT2D eigenvalue weighted by atomic mass is 35.5. The second-order valence-electron chi connectivity index (χ2n) is 6.86. The molecule has 144 valence electrons. The fourth-order valence-corrected chi connectivity index (χ4v) is 3.57. The monoisotopic (exact) mass is 396 g/mol. The van der Waals surface area contributed by atoms with Gasteiger partial charge in [0, 0.05) is 10.6 Å². The topological polar surface area (TPSA) is 69.0 Å². The summed E-state index contributed by atoms with van der Waals surface area (Å²) in [7, 11) is 0. The Bertz CT molecular complexity index is 936. The normalized spacial score (nSPS) is 14.6. The van der Waals surface area contributed by atoms with Crippen molar-refractivity contribution in [3.8, 4) is 11.4 Å². The van der Waals surface area contributed by atoms with Crippen molar-refractivity contribution in [2.75, 3.05) is 5.32 Å². The van der Waals surface area contributed by atoms with Crippen molar-refractivity contribution in [1.82, 2.24) is 14.8 Å². The zero-order chi connectivity index (χ0) is 19.3. The van der Waals surface area contributed by atoms with Crippen LogP contribution in [0.2, 0.25) is 5.02 Å². The number of carbonyl (C=O) groups is 1. The summed E-state index contributed by atoms with van der Waals surface area (Å²) in [6, 6.07) is 12.5. The van der Waals surface area contributed by atoms with E-state index in [0.29, 0.717) is 22.0 Å². The minimum absolute atomic E-state index is 0.229. The van der Waals surface area contributed by atoms with Crippen molar-refractivity contribution in [2.45, 2.75) is 38.2 Å². The predicted octanol–water partition coefficient (Wildman–Crippen LogP) is 4.88. The number of halogens is 1. The van der Waals surface area contributed by atoms with Gasteiger partial charge in [0.05, 0.1) is 17.5 Å². The lowest BCUT2D eigenvalue weighted by Gasteiger charge is -2.23. The van der Waals surface area contributed by atoms with Gasteiger partial charge in [-0.25, -0.2) is 9.67 Å². The molecule has 7 heteroatoms. The summed E-state index contributed by atoms with van der Waals surface area (Å²) < 4.78 is 7.60. The zero-order valence-corrected chi connectivity index (χ0v) is 16.1. The van der Waals surface area contributed by atoms with Crippen molar-refractivity contribution in [1.29, 1.82) is 0 Å². The molecule has 6 nitrogen and oxygen atoms in total. The van der Waals surface area contributed by atoms with Crippen molar-refractivity contribution >= 4 is 23.2 Å². The van der Waals surface area contributed by atoms with E-state index in [2.05, 4.69) is 15.4 Å². The molecule has 1 aliphatic carbocycles. The number of hydrogen-bond acceptors (Lipinski definition) is 4. The van der Waals surface area contributed by atoms with Crippen LogP contribution >= 0.6 is 11.6 Å². The van der Waals surface area contributed by atoms with Crippen LogP contribution in [0.15, 0.2) is 55.1 Å². The van der Waals surface area contributed by atoms with E-state index in [1.165, 1.54) is 25.6 Å². The number of aromatic nitrogens is 3. The Morgan fingerprint density at radius 1 is 1.11 bits per heavy atom. The first-order valence-electron chi connectivity index (χ1n) is 9.42. The summed E-state index contributed by atoms with van der Waals surface area (Å²) in [5.41, 5.74) is 1.79. The Balaban J connectivity index is 1.47. The van der Waals surface area contributed by atoms with E-state index in [1.54, 1.807) is 41.3 Å². The van der Waals surface area contributed by atoms with Gasteiger partial charge in [0.2, 0.25) is 0 Å². The molecule has 0 saturated heterocycles. The SMILES string of the molecule is O=C(Nc1cc(Cl)ccc1-n1cncn1)c1ccc(OC2CCCCC2)cc1. The Morgan fingerprint density at radius 3 is 2.61 bits per heavy atom. The highest BCUT2D eigenvalue weighted by Crippen LogP contribution is 2.26. The predicted molar refractivity (Wildman–Crippen MR) is 108 cm³/mol. The highest BCUT2D eigenvalue weighted by Gasteiger charge is 2.16. The van der Waals surface area contributed by atoms with E-state index in [9.17, 15) is 4.79 Å². The molecule has 3 aromatic rings. The van der Waals surface area contributed by atoms with Crippen LogP contribution in [0.5, 0.6) is 5.75 Å². The number of hydrogen-bond donors (Lipinski definition) is 1. The Labute approximate surface area is 168 Å². The minimum Gasteiger partial charge on any atom is -0.490 e. The molecule has 28 heavy (non-hydrogen) atoms. The van der Waals surface area contributed by atoms with Crippen LogP contribution in [0.3, 0.4) is 0 Å². The Hall–Kier alpha value is -2.86. The van der Waals surface area contributed by atoms with Crippen LogP contribution in [0.4, 0.5) is 5.69 Å². The molecule has 1 saturated carbocycles. The average molecular weight is 397 g/mol. The van der Waals surface area contributed by atoms with Crippen molar-refractivity contribution < 1.29 is 9.53 Å². The first-order valence-corrected chi connectivity index (χ1v) is 9.79. The standard InChI is InChI=1S/C21H21ClN4O2/c22-16-8-11-20(26-14-23-13-24-26)19(12-16)25-21(27)15-6-9-18(10-7-15)28-17-4-2-1-3-5-17/h6-14,17H,1-5H2,(H,25,27). The number of nitrogens with zero attached hydrogens (tertiary/aromatic N) is 3. The molecule has 1 aliphatic rings. The third-order valence-electron chi connectivity index (χ3n) is 4.84. The van der Waals surface area contributed by atoms with Crippen LogP contribution in [0, 0.1) is 0 Å². The number of benzene rings is 2. The molecule has 1 aromatic heterocycles. The van der Waals surface area contributed by atoms with Gasteiger partial charge >= 0.3 is 0 Å². The minimum atomic E-state index is -0.229. The van der Waals surface area contributed by atoms with E-state index in [0.717, 1.165) is 18.6 Å². The van der Waals surface area contributed by atoms with Crippen LogP contribution in [-0.4, -0.2) is 26.8 Å². The molecule has 0 atom stereocenters. The Kier molecular flexibility index (Phi) is 5.58. The maximum absolute atomic E-state index is 12.7. The average Bonchev–Trinajstić information content (AvgIpc) is 3.24. The van der Waals surface area contributed by atoms with E-state index in [1.807, 2.05) is 12.1 Å². The molecular weight excluding hydrogens is 376 g/mol. The number of rotatable bonds is 5. The third-order valence-corrected chi connectivity index (χ3v) is 5.08. The Morgan fingerprint density at radius 2 is 1.89 bits per heavy atom. The largest absolute Gasteiger partial charge is 0.490 e. The maximum Gasteiger partial charge on any atom is 0.255 e. The molecule has 0 bridgehead atoms. The summed E-state index contributed by atoms with van der Waals surface area (Å²) in [5, 5.41) is 7.55. The molecular formula is C21H21ClN4O2. The molecule has 1 N–H and O–H groups in total. The molecule has 0 aliphatic heterocycles. The van der Waals surface area contributed by atoms with Gasteiger partial charge in [-0.05, 0) is 68.1 Å². The summed E-state index contributed by atoms with van der Waals surface area (Å²) in [6.45, 7) is 0. The van der Waals surface area contributed by atoms with Gasteiger partial charge < -0.3 is 10.1 Å². The fraction of sp³-hybridized carbons (Fsp3) is 0.286. The van der Waals surface area contributed by atoms with Crippen LogP contribution < -0.4 is 10.1 Å². The van der Waals surface area contributed by atoms with Crippen molar-refractivity contribution in [3.05, 3.63) is 65.7 Å². The first kappa shape index (κ1) is 18.5. The van der Waals surface area contributed by atoms with E-state index >= 15 is 0 Å². The van der Waals surface area contributed by atoms with Crippen LogP contribution in [0.25, 0.3) is 5.69 Å². The first-order chi connectivity index (χ1) is 13.7.